The summed E-state index contributed by atoms with van der Waals surface area (Å²) in [5.41, 5.74) is 1.07. The van der Waals surface area contributed by atoms with Gasteiger partial charge in [0.25, 0.3) is 0 Å². The molecule has 0 saturated carbocycles. The molecule has 0 aliphatic carbocycles. The van der Waals surface area contributed by atoms with Crippen LogP contribution in [0.25, 0.3) is 0 Å². The molecule has 1 aliphatic heterocycles. The van der Waals surface area contributed by atoms with Crippen LogP contribution < -0.4 is 10.2 Å². The van der Waals surface area contributed by atoms with Crippen molar-refractivity contribution in [1.82, 2.24) is 5.32 Å². The molecule has 88 valence electrons. The average Bonchev–Trinajstić information content (AvgIpc) is 2.22. The second-order valence-corrected chi connectivity index (χ2v) is 4.88. The van der Waals surface area contributed by atoms with E-state index in [1.165, 1.54) is 0 Å². The zero-order valence-electron chi connectivity index (χ0n) is 9.18. The van der Waals surface area contributed by atoms with Crippen LogP contribution in [0.1, 0.15) is 12.8 Å². The highest BCUT2D eigenvalue weighted by Crippen LogP contribution is 2.29. The van der Waals surface area contributed by atoms with Gasteiger partial charge in [-0.1, -0.05) is 23.2 Å². The zero-order chi connectivity index (χ0) is 11.4. The lowest BCUT2D eigenvalue weighted by molar-refractivity contribution is 0.567. The van der Waals surface area contributed by atoms with E-state index in [0.29, 0.717) is 0 Å². The number of hydrogen-bond acceptors (Lipinski definition) is 2. The lowest BCUT2D eigenvalue weighted by atomic mass is 10.2. The number of anilines is 1. The fourth-order valence-electron chi connectivity index (χ4n) is 2.00. The van der Waals surface area contributed by atoms with Gasteiger partial charge in [-0.25, -0.2) is 0 Å². The first-order valence-electron chi connectivity index (χ1n) is 5.68. The Morgan fingerprint density at radius 1 is 1.06 bits per heavy atom. The smallest absolute Gasteiger partial charge is 0.0640 e. The van der Waals surface area contributed by atoms with Crippen LogP contribution in [0, 0.1) is 0 Å². The highest BCUT2D eigenvalue weighted by Gasteiger charge is 2.12. The third-order valence-corrected chi connectivity index (χ3v) is 3.37. The van der Waals surface area contributed by atoms with Crippen LogP contribution in [-0.4, -0.2) is 26.2 Å². The Kier molecular flexibility index (Phi) is 4.33. The standard InChI is InChI=1S/C12H16Cl2N2/c13-10-3-4-11(14)12(9-10)16-7-1-5-15-6-2-8-16/h3-4,9,15H,1-2,5-8H2. The van der Waals surface area contributed by atoms with Crippen LogP contribution in [0.15, 0.2) is 18.2 Å². The molecule has 0 radical (unpaired) electrons. The van der Waals surface area contributed by atoms with E-state index in [0.717, 1.165) is 54.8 Å². The summed E-state index contributed by atoms with van der Waals surface area (Å²) in [6.45, 7) is 4.23. The lowest BCUT2D eigenvalue weighted by Crippen LogP contribution is -2.34. The summed E-state index contributed by atoms with van der Waals surface area (Å²) < 4.78 is 0. The fraction of sp³-hybridized carbons (Fsp3) is 0.500. The molecule has 1 aromatic rings. The molecule has 16 heavy (non-hydrogen) atoms. The Balaban J connectivity index is 2.16. The van der Waals surface area contributed by atoms with Gasteiger partial charge >= 0.3 is 0 Å². The lowest BCUT2D eigenvalue weighted by Gasteiger charge is -2.28. The largest absolute Gasteiger partial charge is 0.370 e. The maximum absolute atomic E-state index is 6.21. The van der Waals surface area contributed by atoms with Gasteiger partial charge < -0.3 is 10.2 Å². The van der Waals surface area contributed by atoms with Crippen molar-refractivity contribution in [3.05, 3.63) is 28.2 Å². The Morgan fingerprint density at radius 2 is 1.75 bits per heavy atom. The first-order chi connectivity index (χ1) is 7.77. The van der Waals surface area contributed by atoms with E-state index in [-0.39, 0.29) is 0 Å². The van der Waals surface area contributed by atoms with Gasteiger partial charge in [0, 0.05) is 18.1 Å². The SMILES string of the molecule is Clc1ccc(Cl)c(N2CCCNCCC2)c1. The summed E-state index contributed by atoms with van der Waals surface area (Å²) in [7, 11) is 0. The predicted octanol–water partition coefficient (Wildman–Crippen LogP) is 3.18. The summed E-state index contributed by atoms with van der Waals surface area (Å²) in [4.78, 5) is 2.33. The fourth-order valence-corrected chi connectivity index (χ4v) is 2.40. The molecular formula is C12H16Cl2N2. The van der Waals surface area contributed by atoms with E-state index in [9.17, 15) is 0 Å². The van der Waals surface area contributed by atoms with Crippen molar-refractivity contribution in [2.45, 2.75) is 12.8 Å². The van der Waals surface area contributed by atoms with Gasteiger partial charge in [-0.3, -0.25) is 0 Å². The second-order valence-electron chi connectivity index (χ2n) is 4.04. The maximum Gasteiger partial charge on any atom is 0.0640 e. The monoisotopic (exact) mass is 258 g/mol. The van der Waals surface area contributed by atoms with E-state index in [1.807, 2.05) is 18.2 Å². The molecule has 0 atom stereocenters. The molecule has 1 saturated heterocycles. The minimum absolute atomic E-state index is 0.750. The number of nitrogens with one attached hydrogen (secondary N) is 1. The van der Waals surface area contributed by atoms with Gasteiger partial charge in [0.2, 0.25) is 0 Å². The van der Waals surface area contributed by atoms with E-state index in [4.69, 9.17) is 23.2 Å². The summed E-state index contributed by atoms with van der Waals surface area (Å²) in [6.07, 6.45) is 2.28. The van der Waals surface area contributed by atoms with Crippen LogP contribution in [-0.2, 0) is 0 Å². The molecule has 2 rings (SSSR count). The Morgan fingerprint density at radius 3 is 2.44 bits per heavy atom. The van der Waals surface area contributed by atoms with Crippen molar-refractivity contribution in [2.24, 2.45) is 0 Å². The Hall–Kier alpha value is -0.440. The Bertz CT molecular complexity index is 347. The number of halogens is 2. The summed E-state index contributed by atoms with van der Waals surface area (Å²) in [6, 6.07) is 5.66. The molecule has 2 nitrogen and oxygen atoms in total. The maximum atomic E-state index is 6.21. The minimum Gasteiger partial charge on any atom is -0.370 e. The zero-order valence-corrected chi connectivity index (χ0v) is 10.7. The van der Waals surface area contributed by atoms with Crippen molar-refractivity contribution in [1.29, 1.82) is 0 Å². The highest BCUT2D eigenvalue weighted by molar-refractivity contribution is 6.35. The molecular weight excluding hydrogens is 243 g/mol. The highest BCUT2D eigenvalue weighted by atomic mass is 35.5. The number of rotatable bonds is 1. The van der Waals surface area contributed by atoms with Crippen molar-refractivity contribution in [3.8, 4) is 0 Å². The third-order valence-electron chi connectivity index (χ3n) is 2.81. The van der Waals surface area contributed by atoms with Gasteiger partial charge in [-0.15, -0.1) is 0 Å². The number of hydrogen-bond donors (Lipinski definition) is 1. The molecule has 1 aliphatic rings. The van der Waals surface area contributed by atoms with Crippen LogP contribution >= 0.6 is 23.2 Å². The molecule has 0 amide bonds. The first kappa shape index (κ1) is 12.0. The quantitative estimate of drug-likeness (QED) is 0.833. The van der Waals surface area contributed by atoms with Crippen LogP contribution in [0.5, 0.6) is 0 Å². The average molecular weight is 259 g/mol. The van der Waals surface area contributed by atoms with Gasteiger partial charge in [0.1, 0.15) is 0 Å². The van der Waals surface area contributed by atoms with Crippen LogP contribution in [0.4, 0.5) is 5.69 Å². The van der Waals surface area contributed by atoms with E-state index in [2.05, 4.69) is 10.2 Å². The molecule has 1 fully saturated rings. The van der Waals surface area contributed by atoms with Crippen molar-refractivity contribution < 1.29 is 0 Å². The van der Waals surface area contributed by atoms with Crippen molar-refractivity contribution >= 4 is 28.9 Å². The number of nitrogens with zero attached hydrogens (tertiary/aromatic N) is 1. The van der Waals surface area contributed by atoms with Gasteiger partial charge in [-0.2, -0.15) is 0 Å². The molecule has 0 bridgehead atoms. The predicted molar refractivity (Wildman–Crippen MR) is 70.8 cm³/mol. The van der Waals surface area contributed by atoms with Crippen LogP contribution in [0.2, 0.25) is 10.0 Å². The minimum atomic E-state index is 0.750. The summed E-state index contributed by atoms with van der Waals surface area (Å²) in [5, 5.41) is 4.94. The molecule has 0 spiro atoms. The van der Waals surface area contributed by atoms with Crippen LogP contribution in [0.3, 0.4) is 0 Å². The Labute approximate surface area is 107 Å². The first-order valence-corrected chi connectivity index (χ1v) is 6.44. The molecule has 4 heteroatoms. The second kappa shape index (κ2) is 5.76. The van der Waals surface area contributed by atoms with Gasteiger partial charge in [0.15, 0.2) is 0 Å². The molecule has 0 unspecified atom stereocenters. The number of benzene rings is 1. The van der Waals surface area contributed by atoms with E-state index < -0.39 is 0 Å². The molecule has 1 aromatic carbocycles. The summed E-state index contributed by atoms with van der Waals surface area (Å²) in [5.74, 6) is 0. The van der Waals surface area contributed by atoms with E-state index in [1.54, 1.807) is 0 Å². The van der Waals surface area contributed by atoms with Crippen molar-refractivity contribution in [2.75, 3.05) is 31.1 Å². The topological polar surface area (TPSA) is 15.3 Å². The van der Waals surface area contributed by atoms with Gasteiger partial charge in [0.05, 0.1) is 10.7 Å². The molecule has 1 N–H and O–H groups in total. The summed E-state index contributed by atoms with van der Waals surface area (Å²) >= 11 is 12.2. The molecule has 1 heterocycles. The normalized spacial score (nSPS) is 18.0. The third kappa shape index (κ3) is 3.03. The van der Waals surface area contributed by atoms with E-state index >= 15 is 0 Å². The molecule has 0 aromatic heterocycles. The van der Waals surface area contributed by atoms with Crippen molar-refractivity contribution in [3.63, 3.8) is 0 Å². The van der Waals surface area contributed by atoms with Gasteiger partial charge in [-0.05, 0) is 44.1 Å².